The number of hydrogen-bond acceptors (Lipinski definition) is 5. The molecular formula is C17H20N2O4S. The highest BCUT2D eigenvalue weighted by molar-refractivity contribution is 7.16. The van der Waals surface area contributed by atoms with Crippen molar-refractivity contribution in [3.8, 4) is 11.5 Å². The number of benzene rings is 1. The van der Waals surface area contributed by atoms with Gasteiger partial charge < -0.3 is 20.5 Å². The van der Waals surface area contributed by atoms with Gasteiger partial charge in [0.25, 0.3) is 11.8 Å². The van der Waals surface area contributed by atoms with Gasteiger partial charge >= 0.3 is 0 Å². The van der Waals surface area contributed by atoms with Gasteiger partial charge in [0, 0.05) is 4.88 Å². The quantitative estimate of drug-likeness (QED) is 0.840. The lowest BCUT2D eigenvalue weighted by Gasteiger charge is -2.16. The molecule has 0 spiro atoms. The van der Waals surface area contributed by atoms with Crippen LogP contribution >= 0.6 is 11.3 Å². The summed E-state index contributed by atoms with van der Waals surface area (Å²) in [5, 5.41) is 3.17. The maximum absolute atomic E-state index is 12.4. The normalized spacial score (nSPS) is 11.7. The number of amides is 2. The van der Waals surface area contributed by atoms with E-state index in [9.17, 15) is 9.59 Å². The van der Waals surface area contributed by atoms with Crippen molar-refractivity contribution in [2.24, 2.45) is 5.73 Å². The molecule has 0 fully saturated rings. The van der Waals surface area contributed by atoms with E-state index < -0.39 is 12.0 Å². The van der Waals surface area contributed by atoms with Crippen molar-refractivity contribution in [1.29, 1.82) is 0 Å². The molecule has 6 nitrogen and oxygen atoms in total. The first-order valence-electron chi connectivity index (χ1n) is 7.35. The zero-order valence-electron chi connectivity index (χ0n) is 14.0. The van der Waals surface area contributed by atoms with Crippen LogP contribution in [0.5, 0.6) is 11.5 Å². The van der Waals surface area contributed by atoms with E-state index in [1.165, 1.54) is 18.4 Å². The SMILES string of the molecule is COc1ccccc1O[C@@H](C)C(=O)Nc1sc(C)c(C)c1C(N)=O. The lowest BCUT2D eigenvalue weighted by atomic mass is 10.1. The summed E-state index contributed by atoms with van der Waals surface area (Å²) < 4.78 is 10.9. The third-order valence-corrected chi connectivity index (χ3v) is 4.73. The Kier molecular flexibility index (Phi) is 5.46. The summed E-state index contributed by atoms with van der Waals surface area (Å²) in [4.78, 5) is 24.9. The Labute approximate surface area is 144 Å². The van der Waals surface area contributed by atoms with Gasteiger partial charge in [-0.1, -0.05) is 12.1 Å². The minimum atomic E-state index is -0.773. The Morgan fingerprint density at radius 2 is 1.83 bits per heavy atom. The lowest BCUT2D eigenvalue weighted by molar-refractivity contribution is -0.122. The number of rotatable bonds is 6. The Bertz CT molecular complexity index is 770. The highest BCUT2D eigenvalue weighted by Crippen LogP contribution is 2.32. The van der Waals surface area contributed by atoms with Crippen molar-refractivity contribution in [3.63, 3.8) is 0 Å². The Morgan fingerprint density at radius 3 is 2.42 bits per heavy atom. The molecule has 0 bridgehead atoms. The van der Waals surface area contributed by atoms with E-state index in [0.29, 0.717) is 22.1 Å². The molecule has 0 saturated heterocycles. The first-order chi connectivity index (χ1) is 11.3. The third-order valence-electron chi connectivity index (χ3n) is 3.61. The van der Waals surface area contributed by atoms with E-state index in [-0.39, 0.29) is 5.91 Å². The summed E-state index contributed by atoms with van der Waals surface area (Å²) in [5.74, 6) is 0.0733. The lowest BCUT2D eigenvalue weighted by Crippen LogP contribution is -2.30. The van der Waals surface area contributed by atoms with Gasteiger partial charge in [0.1, 0.15) is 5.00 Å². The van der Waals surface area contributed by atoms with Crippen LogP contribution in [0.25, 0.3) is 0 Å². The van der Waals surface area contributed by atoms with Gasteiger partial charge in [0.15, 0.2) is 17.6 Å². The Balaban J connectivity index is 2.15. The van der Waals surface area contributed by atoms with Crippen molar-refractivity contribution >= 4 is 28.2 Å². The predicted molar refractivity (Wildman–Crippen MR) is 94.0 cm³/mol. The summed E-state index contributed by atoms with van der Waals surface area (Å²) in [6.45, 7) is 5.30. The molecule has 0 aliphatic heterocycles. The number of carbonyl (C=O) groups excluding carboxylic acids is 2. The van der Waals surface area contributed by atoms with Gasteiger partial charge in [-0.2, -0.15) is 0 Å². The van der Waals surface area contributed by atoms with Gasteiger partial charge in [-0.3, -0.25) is 9.59 Å². The largest absolute Gasteiger partial charge is 0.493 e. The maximum atomic E-state index is 12.4. The molecule has 0 aliphatic carbocycles. The number of primary amides is 1. The molecule has 3 N–H and O–H groups in total. The molecule has 0 unspecified atom stereocenters. The summed E-state index contributed by atoms with van der Waals surface area (Å²) >= 11 is 1.32. The Morgan fingerprint density at radius 1 is 1.21 bits per heavy atom. The monoisotopic (exact) mass is 348 g/mol. The molecule has 0 radical (unpaired) electrons. The number of aryl methyl sites for hydroxylation is 1. The molecule has 7 heteroatoms. The van der Waals surface area contributed by atoms with Crippen molar-refractivity contribution in [1.82, 2.24) is 0 Å². The minimum absolute atomic E-state index is 0.343. The van der Waals surface area contributed by atoms with Gasteiger partial charge in [-0.05, 0) is 38.5 Å². The predicted octanol–water partition coefficient (Wildman–Crippen LogP) is 2.88. The molecule has 1 atom stereocenters. The maximum Gasteiger partial charge on any atom is 0.265 e. The van der Waals surface area contributed by atoms with E-state index in [1.807, 2.05) is 13.0 Å². The highest BCUT2D eigenvalue weighted by Gasteiger charge is 2.22. The number of anilines is 1. The van der Waals surface area contributed by atoms with Crippen LogP contribution in [0.2, 0.25) is 0 Å². The summed E-state index contributed by atoms with van der Waals surface area (Å²) in [7, 11) is 1.53. The van der Waals surface area contributed by atoms with Gasteiger partial charge in [-0.25, -0.2) is 0 Å². The first-order valence-corrected chi connectivity index (χ1v) is 8.17. The number of nitrogens with one attached hydrogen (secondary N) is 1. The fraction of sp³-hybridized carbons (Fsp3) is 0.294. The van der Waals surface area contributed by atoms with E-state index >= 15 is 0 Å². The van der Waals surface area contributed by atoms with Gasteiger partial charge in [-0.15, -0.1) is 11.3 Å². The Hall–Kier alpha value is -2.54. The number of carbonyl (C=O) groups is 2. The van der Waals surface area contributed by atoms with Crippen molar-refractivity contribution in [3.05, 3.63) is 40.3 Å². The van der Waals surface area contributed by atoms with Crippen LogP contribution in [0.15, 0.2) is 24.3 Å². The third kappa shape index (κ3) is 3.68. The zero-order chi connectivity index (χ0) is 17.9. The van der Waals surface area contributed by atoms with E-state index in [0.717, 1.165) is 10.4 Å². The van der Waals surface area contributed by atoms with Crippen LogP contribution in [0.3, 0.4) is 0 Å². The molecule has 0 aliphatic rings. The molecule has 1 aromatic carbocycles. The summed E-state index contributed by atoms with van der Waals surface area (Å²) in [6, 6.07) is 7.07. The molecule has 24 heavy (non-hydrogen) atoms. The summed E-state index contributed by atoms with van der Waals surface area (Å²) in [6.07, 6.45) is -0.773. The second-order valence-electron chi connectivity index (χ2n) is 5.25. The second-order valence-corrected chi connectivity index (χ2v) is 6.48. The van der Waals surface area contributed by atoms with Crippen LogP contribution in [-0.4, -0.2) is 25.0 Å². The fourth-order valence-corrected chi connectivity index (χ4v) is 3.25. The van der Waals surface area contributed by atoms with Gasteiger partial charge in [0.2, 0.25) is 0 Å². The number of hydrogen-bond donors (Lipinski definition) is 2. The molecule has 0 saturated carbocycles. The zero-order valence-corrected chi connectivity index (χ0v) is 14.8. The van der Waals surface area contributed by atoms with Crippen molar-refractivity contribution in [2.45, 2.75) is 26.9 Å². The van der Waals surface area contributed by atoms with Crippen LogP contribution in [0, 0.1) is 13.8 Å². The molecule has 128 valence electrons. The molecule has 1 heterocycles. The molecule has 1 aromatic heterocycles. The van der Waals surface area contributed by atoms with E-state index in [1.54, 1.807) is 32.0 Å². The molecular weight excluding hydrogens is 328 g/mol. The number of methoxy groups -OCH3 is 1. The smallest absolute Gasteiger partial charge is 0.265 e. The van der Waals surface area contributed by atoms with Crippen LogP contribution in [-0.2, 0) is 4.79 Å². The fourth-order valence-electron chi connectivity index (χ4n) is 2.19. The standard InChI is InChI=1S/C17H20N2O4S/c1-9-11(3)24-17(14(9)15(18)20)19-16(21)10(2)23-13-8-6-5-7-12(13)22-4/h5-8,10H,1-4H3,(H2,18,20)(H,19,21)/t10-/m0/s1. The summed E-state index contributed by atoms with van der Waals surface area (Å²) in [5.41, 5.74) is 6.53. The number of para-hydroxylation sites is 2. The van der Waals surface area contributed by atoms with E-state index in [4.69, 9.17) is 15.2 Å². The van der Waals surface area contributed by atoms with Crippen LogP contribution in [0.4, 0.5) is 5.00 Å². The van der Waals surface area contributed by atoms with Crippen LogP contribution < -0.4 is 20.5 Å². The molecule has 2 rings (SSSR count). The van der Waals surface area contributed by atoms with Crippen molar-refractivity contribution in [2.75, 3.05) is 12.4 Å². The average molecular weight is 348 g/mol. The number of nitrogens with two attached hydrogens (primary N) is 1. The number of thiophene rings is 1. The topological polar surface area (TPSA) is 90.7 Å². The molecule has 2 aromatic rings. The van der Waals surface area contributed by atoms with E-state index in [2.05, 4.69) is 5.32 Å². The van der Waals surface area contributed by atoms with Gasteiger partial charge in [0.05, 0.1) is 12.7 Å². The molecule has 2 amide bonds. The van der Waals surface area contributed by atoms with Crippen LogP contribution in [0.1, 0.15) is 27.7 Å². The highest BCUT2D eigenvalue weighted by atomic mass is 32.1. The average Bonchev–Trinajstić information content (AvgIpc) is 2.82. The second kappa shape index (κ2) is 7.35. The van der Waals surface area contributed by atoms with Crippen molar-refractivity contribution < 1.29 is 19.1 Å². The first kappa shape index (κ1) is 17.8. The minimum Gasteiger partial charge on any atom is -0.493 e. The number of ether oxygens (including phenoxy) is 2.